The number of hydrogen-bond donors (Lipinski definition) is 1. The zero-order chi connectivity index (χ0) is 13.9. The predicted molar refractivity (Wildman–Crippen MR) is 84.9 cm³/mol. The largest absolute Gasteiger partial charge is 0.316 e. The van der Waals surface area contributed by atoms with Gasteiger partial charge in [-0.1, -0.05) is 37.3 Å². The molecule has 2 heterocycles. The number of nitrogens with one attached hydrogen (secondary N) is 1. The highest BCUT2D eigenvalue weighted by Crippen LogP contribution is 2.36. The molecule has 0 bridgehead atoms. The fourth-order valence-electron chi connectivity index (χ4n) is 4.29. The van der Waals surface area contributed by atoms with Gasteiger partial charge in [0, 0.05) is 18.6 Å². The van der Waals surface area contributed by atoms with Crippen LogP contribution < -0.4 is 5.32 Å². The van der Waals surface area contributed by atoms with Crippen LogP contribution in [0.5, 0.6) is 0 Å². The van der Waals surface area contributed by atoms with E-state index in [0.29, 0.717) is 6.04 Å². The van der Waals surface area contributed by atoms with Crippen LogP contribution in [-0.4, -0.2) is 36.6 Å². The average Bonchev–Trinajstić information content (AvgIpc) is 3.06. The molecule has 4 atom stereocenters. The summed E-state index contributed by atoms with van der Waals surface area (Å²) in [6.07, 6.45) is 3.80. The molecule has 3 rings (SSSR count). The van der Waals surface area contributed by atoms with Gasteiger partial charge in [-0.2, -0.15) is 0 Å². The van der Waals surface area contributed by atoms with Crippen molar-refractivity contribution in [3.8, 4) is 0 Å². The molecule has 4 unspecified atom stereocenters. The zero-order valence-corrected chi connectivity index (χ0v) is 12.9. The van der Waals surface area contributed by atoms with Gasteiger partial charge >= 0.3 is 0 Å². The van der Waals surface area contributed by atoms with E-state index in [2.05, 4.69) is 54.4 Å². The van der Waals surface area contributed by atoms with Crippen LogP contribution >= 0.6 is 0 Å². The Morgan fingerprint density at radius 2 is 2.05 bits per heavy atom. The first-order valence-corrected chi connectivity index (χ1v) is 8.30. The van der Waals surface area contributed by atoms with Crippen LogP contribution in [0, 0.1) is 11.8 Å². The second kappa shape index (κ2) is 6.28. The Labute approximate surface area is 123 Å². The van der Waals surface area contributed by atoms with E-state index < -0.39 is 0 Å². The summed E-state index contributed by atoms with van der Waals surface area (Å²) in [6, 6.07) is 12.4. The van der Waals surface area contributed by atoms with Gasteiger partial charge in [-0.05, 0) is 56.7 Å². The number of benzene rings is 1. The number of rotatable bonds is 5. The zero-order valence-electron chi connectivity index (χ0n) is 12.9. The summed E-state index contributed by atoms with van der Waals surface area (Å²) in [6.45, 7) is 8.59. The van der Waals surface area contributed by atoms with Crippen molar-refractivity contribution in [2.45, 2.75) is 45.2 Å². The SMILES string of the molecule is CCC1C2CNCC2CN1C(C)CCc1ccccc1. The fourth-order valence-corrected chi connectivity index (χ4v) is 4.29. The van der Waals surface area contributed by atoms with Crippen LogP contribution in [0.3, 0.4) is 0 Å². The number of hydrogen-bond acceptors (Lipinski definition) is 2. The van der Waals surface area contributed by atoms with E-state index in [1.807, 2.05) is 0 Å². The van der Waals surface area contributed by atoms with Crippen LogP contribution in [0.15, 0.2) is 30.3 Å². The Morgan fingerprint density at radius 1 is 1.25 bits per heavy atom. The van der Waals surface area contributed by atoms with Crippen molar-refractivity contribution in [3.05, 3.63) is 35.9 Å². The van der Waals surface area contributed by atoms with Crippen molar-refractivity contribution in [1.29, 1.82) is 0 Å². The normalized spacial score (nSPS) is 31.4. The Morgan fingerprint density at radius 3 is 2.80 bits per heavy atom. The molecule has 2 fully saturated rings. The van der Waals surface area contributed by atoms with Gasteiger partial charge in [0.25, 0.3) is 0 Å². The molecule has 110 valence electrons. The highest BCUT2D eigenvalue weighted by molar-refractivity contribution is 5.14. The second-order valence-electron chi connectivity index (χ2n) is 6.63. The van der Waals surface area contributed by atoms with Crippen molar-refractivity contribution in [3.63, 3.8) is 0 Å². The molecule has 0 amide bonds. The molecule has 0 spiro atoms. The summed E-state index contributed by atoms with van der Waals surface area (Å²) in [5, 5.41) is 3.58. The van der Waals surface area contributed by atoms with E-state index in [1.165, 1.54) is 44.5 Å². The van der Waals surface area contributed by atoms with E-state index in [4.69, 9.17) is 0 Å². The van der Waals surface area contributed by atoms with Crippen molar-refractivity contribution < 1.29 is 0 Å². The van der Waals surface area contributed by atoms with Crippen molar-refractivity contribution >= 4 is 0 Å². The van der Waals surface area contributed by atoms with Crippen molar-refractivity contribution in [1.82, 2.24) is 10.2 Å². The first-order chi connectivity index (χ1) is 9.79. The number of likely N-dealkylation sites (tertiary alicyclic amines) is 1. The van der Waals surface area contributed by atoms with E-state index >= 15 is 0 Å². The molecule has 2 aliphatic rings. The molecule has 1 aromatic carbocycles. The maximum atomic E-state index is 3.58. The minimum absolute atomic E-state index is 0.714. The van der Waals surface area contributed by atoms with Gasteiger partial charge in [0.1, 0.15) is 0 Å². The van der Waals surface area contributed by atoms with Crippen LogP contribution in [-0.2, 0) is 6.42 Å². The van der Waals surface area contributed by atoms with Gasteiger partial charge in [0.05, 0.1) is 0 Å². The molecule has 20 heavy (non-hydrogen) atoms. The maximum Gasteiger partial charge on any atom is 0.0140 e. The van der Waals surface area contributed by atoms with Gasteiger partial charge in [-0.3, -0.25) is 4.90 Å². The Bertz CT molecular complexity index is 417. The third kappa shape index (κ3) is 2.77. The van der Waals surface area contributed by atoms with Crippen molar-refractivity contribution in [2.24, 2.45) is 11.8 Å². The van der Waals surface area contributed by atoms with Gasteiger partial charge in [-0.15, -0.1) is 0 Å². The first kappa shape index (κ1) is 14.1. The van der Waals surface area contributed by atoms with E-state index in [0.717, 1.165) is 17.9 Å². The smallest absolute Gasteiger partial charge is 0.0140 e. The lowest BCUT2D eigenvalue weighted by Crippen LogP contribution is -2.41. The summed E-state index contributed by atoms with van der Waals surface area (Å²) in [5.74, 6) is 1.80. The minimum Gasteiger partial charge on any atom is -0.316 e. The van der Waals surface area contributed by atoms with Crippen LogP contribution in [0.1, 0.15) is 32.3 Å². The highest BCUT2D eigenvalue weighted by Gasteiger charge is 2.44. The molecular weight excluding hydrogens is 244 g/mol. The first-order valence-electron chi connectivity index (χ1n) is 8.30. The second-order valence-corrected chi connectivity index (χ2v) is 6.63. The van der Waals surface area contributed by atoms with Crippen LogP contribution in [0.4, 0.5) is 0 Å². The quantitative estimate of drug-likeness (QED) is 0.886. The number of fused-ring (bicyclic) bond motifs is 1. The lowest BCUT2D eigenvalue weighted by molar-refractivity contribution is 0.158. The van der Waals surface area contributed by atoms with Crippen LogP contribution in [0.2, 0.25) is 0 Å². The molecule has 0 aromatic heterocycles. The molecule has 2 aliphatic heterocycles. The standard InChI is InChI=1S/C18H28N2/c1-3-18-17-12-19-11-16(17)13-20(18)14(2)9-10-15-7-5-4-6-8-15/h4-8,14,16-19H,3,9-13H2,1-2H3. The Hall–Kier alpha value is -0.860. The Kier molecular flexibility index (Phi) is 4.42. The lowest BCUT2D eigenvalue weighted by Gasteiger charge is -2.32. The average molecular weight is 272 g/mol. The Balaban J connectivity index is 1.58. The molecular formula is C18H28N2. The summed E-state index contributed by atoms with van der Waals surface area (Å²) in [4.78, 5) is 2.80. The monoisotopic (exact) mass is 272 g/mol. The topological polar surface area (TPSA) is 15.3 Å². The van der Waals surface area contributed by atoms with Crippen molar-refractivity contribution in [2.75, 3.05) is 19.6 Å². The van der Waals surface area contributed by atoms with Gasteiger partial charge in [0.15, 0.2) is 0 Å². The lowest BCUT2D eigenvalue weighted by atomic mass is 9.92. The number of nitrogens with zero attached hydrogens (tertiary/aromatic N) is 1. The molecule has 0 saturated carbocycles. The summed E-state index contributed by atoms with van der Waals surface area (Å²) >= 11 is 0. The van der Waals surface area contributed by atoms with Gasteiger partial charge in [-0.25, -0.2) is 0 Å². The van der Waals surface area contributed by atoms with E-state index in [9.17, 15) is 0 Å². The number of aryl methyl sites for hydroxylation is 1. The minimum atomic E-state index is 0.714. The maximum absolute atomic E-state index is 3.58. The molecule has 2 nitrogen and oxygen atoms in total. The molecule has 2 saturated heterocycles. The summed E-state index contributed by atoms with van der Waals surface area (Å²) < 4.78 is 0. The molecule has 0 radical (unpaired) electrons. The van der Waals surface area contributed by atoms with E-state index in [-0.39, 0.29) is 0 Å². The highest BCUT2D eigenvalue weighted by atomic mass is 15.2. The van der Waals surface area contributed by atoms with Gasteiger partial charge < -0.3 is 5.32 Å². The molecule has 0 aliphatic carbocycles. The molecule has 2 heteroatoms. The summed E-state index contributed by atoms with van der Waals surface area (Å²) in [7, 11) is 0. The fraction of sp³-hybridized carbons (Fsp3) is 0.667. The third-order valence-electron chi connectivity index (χ3n) is 5.44. The third-order valence-corrected chi connectivity index (χ3v) is 5.44. The molecule has 1 N–H and O–H groups in total. The molecule has 1 aromatic rings. The van der Waals surface area contributed by atoms with Crippen LogP contribution in [0.25, 0.3) is 0 Å². The van der Waals surface area contributed by atoms with E-state index in [1.54, 1.807) is 0 Å². The van der Waals surface area contributed by atoms with Gasteiger partial charge in [0.2, 0.25) is 0 Å². The summed E-state index contributed by atoms with van der Waals surface area (Å²) in [5.41, 5.74) is 1.48. The predicted octanol–water partition coefficient (Wildman–Crippen LogP) is 2.94.